The second-order valence-electron chi connectivity index (χ2n) is 4.91. The predicted octanol–water partition coefficient (Wildman–Crippen LogP) is 2.00. The van der Waals surface area contributed by atoms with Gasteiger partial charge in [0.15, 0.2) is 0 Å². The summed E-state index contributed by atoms with van der Waals surface area (Å²) in [5.41, 5.74) is 13.4. The quantitative estimate of drug-likeness (QED) is 0.705. The zero-order valence-corrected chi connectivity index (χ0v) is 12.5. The van der Waals surface area contributed by atoms with Crippen LogP contribution in [0.5, 0.6) is 0 Å². The van der Waals surface area contributed by atoms with E-state index in [1.165, 1.54) is 13.3 Å². The van der Waals surface area contributed by atoms with E-state index < -0.39 is 0 Å². The third-order valence-corrected chi connectivity index (χ3v) is 3.35. The average Bonchev–Trinajstić information content (AvgIpc) is 2.53. The van der Waals surface area contributed by atoms with E-state index in [4.69, 9.17) is 16.2 Å². The van der Waals surface area contributed by atoms with Crippen molar-refractivity contribution >= 4 is 23.2 Å². The fourth-order valence-corrected chi connectivity index (χ4v) is 2.23. The van der Waals surface area contributed by atoms with Gasteiger partial charge in [-0.1, -0.05) is 30.3 Å². The van der Waals surface area contributed by atoms with Crippen molar-refractivity contribution in [2.24, 2.45) is 0 Å². The number of nitrogens with zero attached hydrogens (tertiary/aromatic N) is 1. The first kappa shape index (κ1) is 15.6. The van der Waals surface area contributed by atoms with E-state index >= 15 is 0 Å². The molecule has 0 radical (unpaired) electrons. The Morgan fingerprint density at radius 3 is 2.68 bits per heavy atom. The van der Waals surface area contributed by atoms with Crippen molar-refractivity contribution in [2.75, 3.05) is 30.4 Å². The molecule has 0 fully saturated rings. The van der Waals surface area contributed by atoms with Gasteiger partial charge in [-0.05, 0) is 18.1 Å². The van der Waals surface area contributed by atoms with Gasteiger partial charge in [-0.3, -0.25) is 4.79 Å². The molecule has 1 atom stereocenters. The number of aromatic nitrogens is 1. The zero-order chi connectivity index (χ0) is 15.9. The van der Waals surface area contributed by atoms with Gasteiger partial charge in [0.25, 0.3) is 0 Å². The number of pyridine rings is 1. The van der Waals surface area contributed by atoms with Crippen LogP contribution in [0.1, 0.15) is 17.9 Å². The number of ether oxygens (including phenoxy) is 1. The lowest BCUT2D eigenvalue weighted by Crippen LogP contribution is -2.18. The molecular formula is C16H20N4O2. The van der Waals surface area contributed by atoms with Crippen molar-refractivity contribution in [3.05, 3.63) is 48.2 Å². The molecule has 1 unspecified atom stereocenters. The maximum Gasteiger partial charge on any atom is 0.313 e. The molecule has 0 aliphatic carbocycles. The molecule has 2 aromatic rings. The van der Waals surface area contributed by atoms with Crippen molar-refractivity contribution < 1.29 is 9.53 Å². The number of carbonyl (C=O) groups is 1. The number of esters is 1. The summed E-state index contributed by atoms with van der Waals surface area (Å²) in [5, 5.41) is 3.12. The number of hydrogen-bond donors (Lipinski definition) is 3. The van der Waals surface area contributed by atoms with E-state index in [2.05, 4.69) is 10.3 Å². The second-order valence-corrected chi connectivity index (χ2v) is 4.91. The Morgan fingerprint density at radius 1 is 1.32 bits per heavy atom. The van der Waals surface area contributed by atoms with Gasteiger partial charge in [0.05, 0.1) is 30.6 Å². The molecule has 5 N–H and O–H groups in total. The zero-order valence-electron chi connectivity index (χ0n) is 12.5. The molecule has 0 aliphatic heterocycles. The van der Waals surface area contributed by atoms with Crippen LogP contribution in [0.15, 0.2) is 42.6 Å². The van der Waals surface area contributed by atoms with Gasteiger partial charge < -0.3 is 21.5 Å². The van der Waals surface area contributed by atoms with E-state index in [1.807, 2.05) is 30.3 Å². The number of nitrogen functional groups attached to an aromatic ring is 2. The third-order valence-electron chi connectivity index (χ3n) is 3.35. The van der Waals surface area contributed by atoms with Crippen LogP contribution < -0.4 is 16.8 Å². The monoisotopic (exact) mass is 300 g/mol. The molecule has 0 spiro atoms. The fraction of sp³-hybridized carbons (Fsp3) is 0.250. The smallest absolute Gasteiger partial charge is 0.313 e. The van der Waals surface area contributed by atoms with E-state index in [0.717, 1.165) is 5.56 Å². The number of benzene rings is 1. The summed E-state index contributed by atoms with van der Waals surface area (Å²) < 4.78 is 4.89. The topological polar surface area (TPSA) is 103 Å². The predicted molar refractivity (Wildman–Crippen MR) is 87.4 cm³/mol. The molecule has 2 rings (SSSR count). The lowest BCUT2D eigenvalue weighted by atomic mass is 9.96. The average molecular weight is 300 g/mol. The van der Waals surface area contributed by atoms with Crippen LogP contribution in [-0.4, -0.2) is 24.6 Å². The summed E-state index contributed by atoms with van der Waals surface area (Å²) in [4.78, 5) is 16.1. The molecule has 1 heterocycles. The minimum atomic E-state index is -0.325. The van der Waals surface area contributed by atoms with E-state index in [0.29, 0.717) is 30.2 Å². The molecule has 6 nitrogen and oxygen atoms in total. The van der Waals surface area contributed by atoms with Crippen LogP contribution in [0.2, 0.25) is 0 Å². The molecular weight excluding hydrogens is 280 g/mol. The third kappa shape index (κ3) is 3.88. The summed E-state index contributed by atoms with van der Waals surface area (Å²) in [7, 11) is 1.39. The first-order valence-corrected chi connectivity index (χ1v) is 6.99. The van der Waals surface area contributed by atoms with Crippen LogP contribution in [-0.2, 0) is 9.53 Å². The summed E-state index contributed by atoms with van der Waals surface area (Å²) in [6, 6.07) is 11.2. The molecule has 0 bridgehead atoms. The molecule has 0 amide bonds. The maximum atomic E-state index is 12.0. The molecule has 22 heavy (non-hydrogen) atoms. The highest BCUT2D eigenvalue weighted by Crippen LogP contribution is 2.22. The minimum absolute atomic E-state index is 0.258. The van der Waals surface area contributed by atoms with Crippen LogP contribution in [0.3, 0.4) is 0 Å². The number of carbonyl (C=O) groups excluding carboxylic acids is 1. The van der Waals surface area contributed by atoms with Gasteiger partial charge in [-0.25, -0.2) is 4.98 Å². The summed E-state index contributed by atoms with van der Waals surface area (Å²) in [5.74, 6) is -0.0224. The first-order valence-electron chi connectivity index (χ1n) is 6.99. The van der Waals surface area contributed by atoms with Crippen molar-refractivity contribution in [3.8, 4) is 0 Å². The minimum Gasteiger partial charge on any atom is -0.469 e. The van der Waals surface area contributed by atoms with Crippen molar-refractivity contribution in [1.29, 1.82) is 0 Å². The van der Waals surface area contributed by atoms with E-state index in [9.17, 15) is 4.79 Å². The van der Waals surface area contributed by atoms with Crippen molar-refractivity contribution in [2.45, 2.75) is 12.3 Å². The highest BCUT2D eigenvalue weighted by atomic mass is 16.5. The number of anilines is 3. The highest BCUT2D eigenvalue weighted by Gasteiger charge is 2.20. The molecule has 0 saturated heterocycles. The van der Waals surface area contributed by atoms with E-state index in [1.54, 1.807) is 6.07 Å². The van der Waals surface area contributed by atoms with Gasteiger partial charge in [0, 0.05) is 6.54 Å². The molecule has 6 heteroatoms. The van der Waals surface area contributed by atoms with Crippen LogP contribution in [0, 0.1) is 0 Å². The van der Waals surface area contributed by atoms with Crippen LogP contribution >= 0.6 is 0 Å². The Labute approximate surface area is 129 Å². The largest absolute Gasteiger partial charge is 0.469 e. The SMILES string of the molecule is COC(=O)C(CCNc1ncc(N)cc1N)c1ccccc1. The van der Waals surface area contributed by atoms with Crippen molar-refractivity contribution in [1.82, 2.24) is 4.98 Å². The molecule has 0 aliphatic rings. The van der Waals surface area contributed by atoms with Crippen molar-refractivity contribution in [3.63, 3.8) is 0 Å². The van der Waals surface area contributed by atoms with Crippen LogP contribution in [0.4, 0.5) is 17.2 Å². The Hall–Kier alpha value is -2.76. The number of nitrogens with one attached hydrogen (secondary N) is 1. The van der Waals surface area contributed by atoms with E-state index in [-0.39, 0.29) is 11.9 Å². The molecule has 1 aromatic heterocycles. The number of methoxy groups -OCH3 is 1. The highest BCUT2D eigenvalue weighted by molar-refractivity contribution is 5.78. The van der Waals surface area contributed by atoms with Crippen LogP contribution in [0.25, 0.3) is 0 Å². The fourth-order valence-electron chi connectivity index (χ4n) is 2.23. The summed E-state index contributed by atoms with van der Waals surface area (Å²) in [6.07, 6.45) is 2.11. The summed E-state index contributed by atoms with van der Waals surface area (Å²) >= 11 is 0. The Bertz CT molecular complexity index is 631. The van der Waals surface area contributed by atoms with Gasteiger partial charge in [-0.2, -0.15) is 0 Å². The molecule has 116 valence electrons. The number of hydrogen-bond acceptors (Lipinski definition) is 6. The first-order chi connectivity index (χ1) is 10.6. The molecule has 1 aromatic carbocycles. The Kier molecular flexibility index (Phi) is 5.19. The normalized spacial score (nSPS) is 11.7. The van der Waals surface area contributed by atoms with Gasteiger partial charge in [0.2, 0.25) is 0 Å². The van der Waals surface area contributed by atoms with Gasteiger partial charge in [-0.15, -0.1) is 0 Å². The van der Waals surface area contributed by atoms with Gasteiger partial charge >= 0.3 is 5.97 Å². The summed E-state index contributed by atoms with van der Waals surface area (Å²) in [6.45, 7) is 0.537. The Morgan fingerprint density at radius 2 is 2.05 bits per heavy atom. The number of nitrogens with two attached hydrogens (primary N) is 2. The lowest BCUT2D eigenvalue weighted by Gasteiger charge is -2.16. The Balaban J connectivity index is 2.01. The number of rotatable bonds is 6. The second kappa shape index (κ2) is 7.31. The lowest BCUT2D eigenvalue weighted by molar-refractivity contribution is -0.142. The standard InChI is InChI=1S/C16H20N4O2/c1-22-16(21)13(11-5-3-2-4-6-11)7-8-19-15-14(18)9-12(17)10-20-15/h2-6,9-10,13H,7-8,17-18H2,1H3,(H,19,20). The van der Waals surface area contributed by atoms with Gasteiger partial charge in [0.1, 0.15) is 5.82 Å². The molecule has 0 saturated carbocycles. The maximum absolute atomic E-state index is 12.0.